The minimum absolute atomic E-state index is 0.134. The SMILES string of the molecule is O=C(c1cccc([N+](=O)[O-])c1)[C@H]1[C@@H]2CCCN2[C@]2(C(=O)Nc3ccc(Cl)cc32)[C@]12C(=O)Nc1ccccc12. The van der Waals surface area contributed by atoms with Gasteiger partial charge in [0.15, 0.2) is 5.78 Å². The Bertz CT molecular complexity index is 1610. The molecule has 0 aromatic heterocycles. The number of non-ortho nitro benzene ring substituents is 1. The predicted molar refractivity (Wildman–Crippen MR) is 139 cm³/mol. The zero-order chi connectivity index (χ0) is 26.4. The summed E-state index contributed by atoms with van der Waals surface area (Å²) < 4.78 is 0. The molecule has 3 aromatic carbocycles. The maximum Gasteiger partial charge on any atom is 0.270 e. The number of nitro benzene ring substituents is 1. The summed E-state index contributed by atoms with van der Waals surface area (Å²) in [6.07, 6.45) is 1.32. The van der Waals surface area contributed by atoms with E-state index in [2.05, 4.69) is 10.6 Å². The van der Waals surface area contributed by atoms with Crippen LogP contribution < -0.4 is 10.6 Å². The van der Waals surface area contributed by atoms with E-state index in [9.17, 15) is 24.5 Å². The zero-order valence-corrected chi connectivity index (χ0v) is 20.7. The Balaban J connectivity index is 1.57. The summed E-state index contributed by atoms with van der Waals surface area (Å²) in [5.41, 5.74) is -1.04. The van der Waals surface area contributed by atoms with E-state index in [0.29, 0.717) is 40.5 Å². The van der Waals surface area contributed by atoms with Crippen LogP contribution in [0.4, 0.5) is 17.1 Å². The number of amides is 2. The number of nitrogens with one attached hydrogen (secondary N) is 2. The molecule has 2 N–H and O–H groups in total. The van der Waals surface area contributed by atoms with Gasteiger partial charge in [-0.2, -0.15) is 0 Å². The van der Waals surface area contributed by atoms with Crippen molar-refractivity contribution < 1.29 is 19.3 Å². The molecule has 7 rings (SSSR count). The molecule has 2 spiro atoms. The molecule has 4 heterocycles. The number of halogens is 1. The zero-order valence-electron chi connectivity index (χ0n) is 19.9. The van der Waals surface area contributed by atoms with Gasteiger partial charge in [-0.1, -0.05) is 41.9 Å². The molecule has 4 aliphatic heterocycles. The molecule has 2 saturated heterocycles. The van der Waals surface area contributed by atoms with Gasteiger partial charge in [-0.25, -0.2) is 0 Å². The number of fused-ring (bicyclic) bond motifs is 7. The number of nitrogens with zero attached hydrogens (tertiary/aromatic N) is 2. The van der Waals surface area contributed by atoms with Gasteiger partial charge in [0.05, 0.1) is 10.8 Å². The Morgan fingerprint density at radius 3 is 2.55 bits per heavy atom. The van der Waals surface area contributed by atoms with Crippen LogP contribution in [0.15, 0.2) is 66.7 Å². The molecule has 38 heavy (non-hydrogen) atoms. The highest BCUT2D eigenvalue weighted by Gasteiger charge is 2.81. The minimum atomic E-state index is -1.63. The summed E-state index contributed by atoms with van der Waals surface area (Å²) in [4.78, 5) is 56.2. The highest BCUT2D eigenvalue weighted by molar-refractivity contribution is 6.31. The van der Waals surface area contributed by atoms with Crippen LogP contribution in [-0.4, -0.2) is 40.0 Å². The number of nitro groups is 1. The highest BCUT2D eigenvalue weighted by Crippen LogP contribution is 2.68. The second-order valence-corrected chi connectivity index (χ2v) is 10.7. The van der Waals surface area contributed by atoms with E-state index < -0.39 is 39.5 Å². The fraction of sp³-hybridized carbons (Fsp3) is 0.250. The number of rotatable bonds is 3. The van der Waals surface area contributed by atoms with Crippen LogP contribution in [0.2, 0.25) is 5.02 Å². The van der Waals surface area contributed by atoms with Crippen molar-refractivity contribution in [1.29, 1.82) is 0 Å². The third-order valence-electron chi connectivity index (χ3n) is 8.68. The highest BCUT2D eigenvalue weighted by atomic mass is 35.5. The summed E-state index contributed by atoms with van der Waals surface area (Å²) in [6, 6.07) is 17.4. The molecule has 3 aromatic rings. The molecule has 0 unspecified atom stereocenters. The van der Waals surface area contributed by atoms with Gasteiger partial charge in [0, 0.05) is 45.7 Å². The molecule has 2 amide bonds. The first-order valence-electron chi connectivity index (χ1n) is 12.4. The lowest BCUT2D eigenvalue weighted by molar-refractivity contribution is -0.384. The number of benzene rings is 3. The van der Waals surface area contributed by atoms with Crippen LogP contribution in [-0.2, 0) is 20.5 Å². The topological polar surface area (TPSA) is 122 Å². The fourth-order valence-electron chi connectivity index (χ4n) is 7.50. The largest absolute Gasteiger partial charge is 0.325 e. The Labute approximate surface area is 221 Å². The lowest BCUT2D eigenvalue weighted by Crippen LogP contribution is -2.62. The van der Waals surface area contributed by atoms with Gasteiger partial charge < -0.3 is 10.6 Å². The molecule has 0 bridgehead atoms. The number of para-hydroxylation sites is 1. The van der Waals surface area contributed by atoms with E-state index in [4.69, 9.17) is 11.6 Å². The first-order valence-corrected chi connectivity index (χ1v) is 12.8. The lowest BCUT2D eigenvalue weighted by Gasteiger charge is -2.43. The summed E-state index contributed by atoms with van der Waals surface area (Å²) in [5, 5.41) is 17.9. The van der Waals surface area contributed by atoms with Gasteiger partial charge in [-0.05, 0) is 49.2 Å². The lowest BCUT2D eigenvalue weighted by atomic mass is 9.57. The van der Waals surface area contributed by atoms with Crippen LogP contribution in [0, 0.1) is 16.0 Å². The van der Waals surface area contributed by atoms with E-state index >= 15 is 0 Å². The maximum atomic E-state index is 14.5. The van der Waals surface area contributed by atoms with Crippen molar-refractivity contribution >= 4 is 46.3 Å². The van der Waals surface area contributed by atoms with Crippen LogP contribution in [0.5, 0.6) is 0 Å². The molecular weight excluding hydrogens is 508 g/mol. The van der Waals surface area contributed by atoms with Crippen LogP contribution >= 0.6 is 11.6 Å². The summed E-state index contributed by atoms with van der Waals surface area (Å²) in [6.45, 7) is 0.500. The average Bonchev–Trinajstić information content (AvgIpc) is 3.62. The standard InChI is InChI=1S/C28H21ClN4O5/c29-16-10-11-21-19(14-16)28(26(36)31-21)27(18-7-1-2-8-20(18)30-25(27)35)23(22-9-4-12-32(22)28)24(34)15-5-3-6-17(13-15)33(37)38/h1-3,5-8,10-11,13-14,22-23H,4,9,12H2,(H,30,35)(H,31,36)/t22-,23+,27-,28+/m0/s1. The summed E-state index contributed by atoms with van der Waals surface area (Å²) >= 11 is 6.46. The molecule has 0 saturated carbocycles. The van der Waals surface area contributed by atoms with Crippen LogP contribution in [0.1, 0.15) is 34.3 Å². The molecule has 9 nitrogen and oxygen atoms in total. The van der Waals surface area contributed by atoms with E-state index in [1.807, 2.05) is 4.90 Å². The Hall–Kier alpha value is -4.08. The number of Topliss-reactive ketones (excluding diaryl/α,β-unsaturated/α-hetero) is 1. The normalized spacial score (nSPS) is 28.8. The number of hydrogen-bond acceptors (Lipinski definition) is 6. The Morgan fingerprint density at radius 1 is 0.974 bits per heavy atom. The third kappa shape index (κ3) is 2.57. The van der Waals surface area contributed by atoms with Crippen molar-refractivity contribution in [2.24, 2.45) is 5.92 Å². The van der Waals surface area contributed by atoms with Gasteiger partial charge in [0.25, 0.3) is 11.6 Å². The molecule has 0 radical (unpaired) electrons. The number of ketones is 1. The molecule has 190 valence electrons. The third-order valence-corrected chi connectivity index (χ3v) is 8.92. The van der Waals surface area contributed by atoms with E-state index in [0.717, 1.165) is 6.42 Å². The van der Waals surface area contributed by atoms with Crippen molar-refractivity contribution in [3.05, 3.63) is 98.6 Å². The number of anilines is 2. The first kappa shape index (κ1) is 23.1. The molecule has 4 atom stereocenters. The van der Waals surface area contributed by atoms with Gasteiger partial charge in [0.1, 0.15) is 11.0 Å². The number of carbonyl (C=O) groups is 3. The second-order valence-electron chi connectivity index (χ2n) is 10.2. The molecule has 4 aliphatic rings. The van der Waals surface area contributed by atoms with Gasteiger partial charge >= 0.3 is 0 Å². The van der Waals surface area contributed by atoms with Crippen LogP contribution in [0.3, 0.4) is 0 Å². The minimum Gasteiger partial charge on any atom is -0.325 e. The Morgan fingerprint density at radius 2 is 1.74 bits per heavy atom. The quantitative estimate of drug-likeness (QED) is 0.297. The Kier molecular flexibility index (Phi) is 4.69. The number of hydrogen-bond donors (Lipinski definition) is 2. The van der Waals surface area contributed by atoms with Gasteiger partial charge in [-0.15, -0.1) is 0 Å². The van der Waals surface area contributed by atoms with Crippen molar-refractivity contribution in [2.75, 3.05) is 17.2 Å². The van der Waals surface area contributed by atoms with Gasteiger partial charge in [-0.3, -0.25) is 29.4 Å². The van der Waals surface area contributed by atoms with Gasteiger partial charge in [0.2, 0.25) is 5.91 Å². The van der Waals surface area contributed by atoms with Crippen molar-refractivity contribution in [1.82, 2.24) is 4.90 Å². The number of carbonyl (C=O) groups excluding carboxylic acids is 3. The molecule has 10 heteroatoms. The average molecular weight is 529 g/mol. The monoisotopic (exact) mass is 528 g/mol. The smallest absolute Gasteiger partial charge is 0.270 e. The molecular formula is C28H21ClN4O5. The fourth-order valence-corrected chi connectivity index (χ4v) is 7.68. The van der Waals surface area contributed by atoms with E-state index in [-0.39, 0.29) is 17.2 Å². The maximum absolute atomic E-state index is 14.5. The predicted octanol–water partition coefficient (Wildman–Crippen LogP) is 4.26. The van der Waals surface area contributed by atoms with E-state index in [1.54, 1.807) is 42.5 Å². The first-order chi connectivity index (χ1) is 18.3. The van der Waals surface area contributed by atoms with Crippen LogP contribution in [0.25, 0.3) is 0 Å². The second kappa shape index (κ2) is 7.72. The van der Waals surface area contributed by atoms with Crippen molar-refractivity contribution in [2.45, 2.75) is 29.8 Å². The van der Waals surface area contributed by atoms with E-state index in [1.165, 1.54) is 24.3 Å². The molecule has 0 aliphatic carbocycles. The van der Waals surface area contributed by atoms with Crippen molar-refractivity contribution in [3.63, 3.8) is 0 Å². The van der Waals surface area contributed by atoms with Crippen molar-refractivity contribution in [3.8, 4) is 0 Å². The summed E-state index contributed by atoms with van der Waals surface area (Å²) in [5.74, 6) is -2.22. The molecule has 2 fully saturated rings. The summed E-state index contributed by atoms with van der Waals surface area (Å²) in [7, 11) is 0.